The molecule has 2 aromatic rings. The summed E-state index contributed by atoms with van der Waals surface area (Å²) in [6.07, 6.45) is 0. The molecule has 0 atom stereocenters. The number of nitro benzene ring substituents is 1. The van der Waals surface area contributed by atoms with E-state index in [1.54, 1.807) is 17.5 Å². The number of carbonyl (C=O) groups is 2. The van der Waals surface area contributed by atoms with Gasteiger partial charge in [-0.3, -0.25) is 14.9 Å². The number of rotatable bonds is 5. The minimum atomic E-state index is -0.999. The molecule has 1 aromatic heterocycles. The number of carbonyl (C=O) groups excluding carboxylic acids is 2. The highest BCUT2D eigenvalue weighted by molar-refractivity contribution is 7.12. The molecular formula is C13H9NO6S. The standard InChI is InChI=1S/C13H9NO6S/c15-10-4-3-8(14(18)19)6-9(10)13(17)20-7-11(16)12-2-1-5-21-12/h1-6,15H,7H2. The molecule has 1 heterocycles. The van der Waals surface area contributed by atoms with Crippen molar-refractivity contribution in [2.75, 3.05) is 6.61 Å². The van der Waals surface area contributed by atoms with E-state index in [0.29, 0.717) is 4.88 Å². The third kappa shape index (κ3) is 3.42. The lowest BCUT2D eigenvalue weighted by Gasteiger charge is -2.05. The van der Waals surface area contributed by atoms with Crippen LogP contribution in [0, 0.1) is 10.1 Å². The van der Waals surface area contributed by atoms with Crippen molar-refractivity contribution in [1.29, 1.82) is 0 Å². The van der Waals surface area contributed by atoms with Gasteiger partial charge in [0, 0.05) is 12.1 Å². The molecule has 2 rings (SSSR count). The van der Waals surface area contributed by atoms with E-state index < -0.39 is 23.2 Å². The summed E-state index contributed by atoms with van der Waals surface area (Å²) in [5.41, 5.74) is -0.715. The number of Topliss-reactive ketones (excluding diaryl/α,β-unsaturated/α-hetero) is 1. The second kappa shape index (κ2) is 6.14. The van der Waals surface area contributed by atoms with Crippen LogP contribution in [0.25, 0.3) is 0 Å². The maximum atomic E-state index is 11.8. The molecular weight excluding hydrogens is 298 g/mol. The van der Waals surface area contributed by atoms with Crippen molar-refractivity contribution >= 4 is 28.8 Å². The molecule has 0 radical (unpaired) electrons. The van der Waals surface area contributed by atoms with Gasteiger partial charge in [0.1, 0.15) is 11.3 Å². The quantitative estimate of drug-likeness (QED) is 0.393. The van der Waals surface area contributed by atoms with Gasteiger partial charge >= 0.3 is 5.97 Å². The first kappa shape index (κ1) is 14.7. The fourth-order valence-electron chi connectivity index (χ4n) is 1.52. The number of ketones is 1. The summed E-state index contributed by atoms with van der Waals surface area (Å²) in [7, 11) is 0. The molecule has 21 heavy (non-hydrogen) atoms. The van der Waals surface area contributed by atoms with Gasteiger partial charge in [-0.2, -0.15) is 0 Å². The first-order valence-electron chi connectivity index (χ1n) is 5.70. The van der Waals surface area contributed by atoms with E-state index in [1.165, 1.54) is 11.3 Å². The molecule has 1 aromatic carbocycles. The van der Waals surface area contributed by atoms with Gasteiger partial charge in [-0.1, -0.05) is 6.07 Å². The molecule has 7 nitrogen and oxygen atoms in total. The number of esters is 1. The lowest BCUT2D eigenvalue weighted by molar-refractivity contribution is -0.384. The minimum absolute atomic E-state index is 0.357. The maximum Gasteiger partial charge on any atom is 0.342 e. The topological polar surface area (TPSA) is 107 Å². The van der Waals surface area contributed by atoms with Crippen LogP contribution in [-0.4, -0.2) is 28.4 Å². The molecule has 0 aliphatic rings. The monoisotopic (exact) mass is 307 g/mol. The minimum Gasteiger partial charge on any atom is -0.507 e. The number of phenols is 1. The number of thiophene rings is 1. The molecule has 0 fully saturated rings. The summed E-state index contributed by atoms with van der Waals surface area (Å²) in [6, 6.07) is 6.25. The van der Waals surface area contributed by atoms with Crippen molar-refractivity contribution in [1.82, 2.24) is 0 Å². The Bertz CT molecular complexity index is 695. The van der Waals surface area contributed by atoms with Crippen LogP contribution >= 0.6 is 11.3 Å². The van der Waals surface area contributed by atoms with E-state index in [1.807, 2.05) is 0 Å². The van der Waals surface area contributed by atoms with Gasteiger partial charge in [-0.15, -0.1) is 11.3 Å². The Kier molecular flexibility index (Phi) is 4.29. The number of aromatic hydroxyl groups is 1. The molecule has 1 N–H and O–H groups in total. The zero-order valence-electron chi connectivity index (χ0n) is 10.5. The Balaban J connectivity index is 2.08. The van der Waals surface area contributed by atoms with Gasteiger partial charge in [0.2, 0.25) is 5.78 Å². The number of hydrogen-bond acceptors (Lipinski definition) is 7. The normalized spacial score (nSPS) is 10.1. The SMILES string of the molecule is O=C(COC(=O)c1cc([N+](=O)[O-])ccc1O)c1cccs1. The fraction of sp³-hybridized carbons (Fsp3) is 0.0769. The molecule has 108 valence electrons. The highest BCUT2D eigenvalue weighted by Gasteiger charge is 2.19. The molecule has 0 aliphatic carbocycles. The average Bonchev–Trinajstić information content (AvgIpc) is 2.98. The Morgan fingerprint density at radius 2 is 2.10 bits per heavy atom. The smallest absolute Gasteiger partial charge is 0.342 e. The number of ether oxygens (including phenoxy) is 1. The molecule has 0 unspecified atom stereocenters. The third-order valence-corrected chi connectivity index (χ3v) is 3.45. The summed E-state index contributed by atoms with van der Waals surface area (Å²) < 4.78 is 4.76. The summed E-state index contributed by atoms with van der Waals surface area (Å²) in [4.78, 5) is 33.8. The van der Waals surface area contributed by atoms with Crippen LogP contribution in [0.1, 0.15) is 20.0 Å². The highest BCUT2D eigenvalue weighted by atomic mass is 32.1. The first-order valence-corrected chi connectivity index (χ1v) is 6.58. The molecule has 0 bridgehead atoms. The molecule has 0 saturated heterocycles. The molecule has 8 heteroatoms. The van der Waals surface area contributed by atoms with Gasteiger partial charge < -0.3 is 9.84 Å². The van der Waals surface area contributed by atoms with Gasteiger partial charge in [-0.25, -0.2) is 4.79 Å². The zero-order chi connectivity index (χ0) is 15.4. The Morgan fingerprint density at radius 1 is 1.33 bits per heavy atom. The van der Waals surface area contributed by atoms with Gasteiger partial charge in [-0.05, 0) is 17.5 Å². The van der Waals surface area contributed by atoms with E-state index >= 15 is 0 Å². The Labute approximate surface area is 122 Å². The van der Waals surface area contributed by atoms with Crippen molar-refractivity contribution < 1.29 is 24.4 Å². The summed E-state index contributed by atoms with van der Waals surface area (Å²) in [5, 5.41) is 21.9. The van der Waals surface area contributed by atoms with Crippen LogP contribution in [0.15, 0.2) is 35.7 Å². The fourth-order valence-corrected chi connectivity index (χ4v) is 2.17. The number of hydrogen-bond donors (Lipinski definition) is 1. The predicted octanol–water partition coefficient (Wildman–Crippen LogP) is 2.40. The van der Waals surface area contributed by atoms with Crippen molar-refractivity contribution in [3.8, 4) is 5.75 Å². The summed E-state index contributed by atoms with van der Waals surface area (Å²) in [6.45, 7) is -0.499. The van der Waals surface area contributed by atoms with E-state index in [2.05, 4.69) is 0 Å². The lowest BCUT2D eigenvalue weighted by atomic mass is 10.2. The number of non-ortho nitro benzene ring substituents is 1. The predicted molar refractivity (Wildman–Crippen MR) is 73.7 cm³/mol. The number of phenolic OH excluding ortho intramolecular Hbond substituents is 1. The second-order valence-electron chi connectivity index (χ2n) is 3.94. The van der Waals surface area contributed by atoms with Crippen molar-refractivity contribution in [3.63, 3.8) is 0 Å². The lowest BCUT2D eigenvalue weighted by Crippen LogP contribution is -2.13. The van der Waals surface area contributed by atoms with Crippen molar-refractivity contribution in [3.05, 3.63) is 56.3 Å². The van der Waals surface area contributed by atoms with E-state index in [9.17, 15) is 24.8 Å². The molecule has 0 aliphatic heterocycles. The van der Waals surface area contributed by atoms with Crippen LogP contribution in [0.4, 0.5) is 5.69 Å². The highest BCUT2D eigenvalue weighted by Crippen LogP contribution is 2.23. The van der Waals surface area contributed by atoms with Gasteiger partial charge in [0.15, 0.2) is 6.61 Å². The summed E-state index contributed by atoms with van der Waals surface area (Å²) in [5.74, 6) is -1.83. The first-order chi connectivity index (χ1) is 9.99. The Morgan fingerprint density at radius 3 is 2.71 bits per heavy atom. The molecule has 0 amide bonds. The van der Waals surface area contributed by atoms with E-state index in [-0.39, 0.29) is 17.0 Å². The van der Waals surface area contributed by atoms with Gasteiger partial charge in [0.05, 0.1) is 9.80 Å². The largest absolute Gasteiger partial charge is 0.507 e. The number of nitro groups is 1. The zero-order valence-corrected chi connectivity index (χ0v) is 11.3. The summed E-state index contributed by atoms with van der Waals surface area (Å²) >= 11 is 1.21. The maximum absolute atomic E-state index is 11.8. The van der Waals surface area contributed by atoms with E-state index in [0.717, 1.165) is 18.2 Å². The van der Waals surface area contributed by atoms with Crippen molar-refractivity contribution in [2.45, 2.75) is 0 Å². The second-order valence-corrected chi connectivity index (χ2v) is 4.88. The Hall–Kier alpha value is -2.74. The van der Waals surface area contributed by atoms with Crippen LogP contribution < -0.4 is 0 Å². The number of benzene rings is 1. The van der Waals surface area contributed by atoms with Crippen LogP contribution in [-0.2, 0) is 4.74 Å². The third-order valence-electron chi connectivity index (χ3n) is 2.54. The molecule has 0 spiro atoms. The number of nitrogens with zero attached hydrogens (tertiary/aromatic N) is 1. The average molecular weight is 307 g/mol. The van der Waals surface area contributed by atoms with Crippen molar-refractivity contribution in [2.24, 2.45) is 0 Å². The van der Waals surface area contributed by atoms with Crippen LogP contribution in [0.5, 0.6) is 5.75 Å². The van der Waals surface area contributed by atoms with Crippen LogP contribution in [0.3, 0.4) is 0 Å². The van der Waals surface area contributed by atoms with Crippen LogP contribution in [0.2, 0.25) is 0 Å². The van der Waals surface area contributed by atoms with Gasteiger partial charge in [0.25, 0.3) is 5.69 Å². The van der Waals surface area contributed by atoms with E-state index in [4.69, 9.17) is 4.74 Å². The molecule has 0 saturated carbocycles.